The molecule has 0 unspecified atom stereocenters. The second-order valence-electron chi connectivity index (χ2n) is 4.42. The van der Waals surface area contributed by atoms with Crippen molar-refractivity contribution in [3.63, 3.8) is 0 Å². The van der Waals surface area contributed by atoms with E-state index in [1.165, 1.54) is 12.1 Å². The van der Waals surface area contributed by atoms with Gasteiger partial charge in [0.25, 0.3) is 5.69 Å². The fourth-order valence-corrected chi connectivity index (χ4v) is 1.95. The Morgan fingerprint density at radius 2 is 2.27 bits per heavy atom. The highest BCUT2D eigenvalue weighted by molar-refractivity contribution is 6.32. The smallest absolute Gasteiger partial charge is 0.287 e. The molecule has 0 amide bonds. The van der Waals surface area contributed by atoms with Crippen LogP contribution in [0.25, 0.3) is 5.70 Å². The molecule has 0 aliphatic rings. The second-order valence-corrected chi connectivity index (χ2v) is 4.82. The first-order valence-corrected chi connectivity index (χ1v) is 7.19. The molecule has 0 saturated heterocycles. The Morgan fingerprint density at radius 3 is 2.86 bits per heavy atom. The van der Waals surface area contributed by atoms with Crippen LogP contribution in [0.5, 0.6) is 0 Å². The number of unbranched alkanes of at least 4 members (excludes halogenated alkanes) is 1. The van der Waals surface area contributed by atoms with Gasteiger partial charge in [0, 0.05) is 31.9 Å². The van der Waals surface area contributed by atoms with Crippen molar-refractivity contribution in [2.24, 2.45) is 5.73 Å². The first-order valence-electron chi connectivity index (χ1n) is 6.81. The summed E-state index contributed by atoms with van der Waals surface area (Å²) in [6.07, 6.45) is 3.53. The Hall–Kier alpha value is -1.67. The molecule has 1 aromatic carbocycles. The molecule has 22 heavy (non-hydrogen) atoms. The van der Waals surface area contributed by atoms with Gasteiger partial charge in [-0.25, -0.2) is 0 Å². The van der Waals surface area contributed by atoms with E-state index in [0.717, 1.165) is 12.8 Å². The summed E-state index contributed by atoms with van der Waals surface area (Å²) in [6.45, 7) is 1.37. The minimum absolute atomic E-state index is 0.0749. The number of rotatable bonds is 10. The number of nitro benzene ring substituents is 1. The Kier molecular flexibility index (Phi) is 8.46. The van der Waals surface area contributed by atoms with Gasteiger partial charge in [-0.1, -0.05) is 17.7 Å². The Morgan fingerprint density at radius 1 is 1.50 bits per heavy atom. The van der Waals surface area contributed by atoms with E-state index in [-0.39, 0.29) is 10.7 Å². The molecule has 122 valence electrons. The first-order chi connectivity index (χ1) is 10.6. The predicted octanol–water partition coefficient (Wildman–Crippen LogP) is 2.50. The van der Waals surface area contributed by atoms with Crippen molar-refractivity contribution in [2.45, 2.75) is 12.8 Å². The highest BCUT2D eigenvalue weighted by Crippen LogP contribution is 2.27. The van der Waals surface area contributed by atoms with Crippen LogP contribution in [0, 0.1) is 10.1 Å². The molecule has 0 spiro atoms. The Labute approximate surface area is 134 Å². The van der Waals surface area contributed by atoms with Crippen LogP contribution in [0.1, 0.15) is 18.4 Å². The molecular weight excluding hydrogens is 310 g/mol. The van der Waals surface area contributed by atoms with Crippen molar-refractivity contribution in [2.75, 3.05) is 26.9 Å². The van der Waals surface area contributed by atoms with Gasteiger partial charge < -0.3 is 10.5 Å². The second kappa shape index (κ2) is 10.1. The van der Waals surface area contributed by atoms with E-state index in [1.54, 1.807) is 13.2 Å². The molecule has 0 heterocycles. The minimum Gasteiger partial charge on any atom is -0.385 e. The summed E-state index contributed by atoms with van der Waals surface area (Å²) in [5.74, 6) is 0. The van der Waals surface area contributed by atoms with Crippen molar-refractivity contribution in [1.29, 1.82) is 0 Å². The van der Waals surface area contributed by atoms with Gasteiger partial charge in [-0.3, -0.25) is 20.4 Å². The first kappa shape index (κ1) is 18.4. The molecule has 0 aliphatic carbocycles. The SMILES string of the molecule is COCCCC=C(NOCCN)c1ccc([N+](=O)[O-])c(Cl)c1. The van der Waals surface area contributed by atoms with E-state index in [0.29, 0.717) is 31.0 Å². The number of nitrogens with one attached hydrogen (secondary N) is 1. The third-order valence-electron chi connectivity index (χ3n) is 2.76. The maximum Gasteiger partial charge on any atom is 0.287 e. The molecule has 7 nitrogen and oxygen atoms in total. The largest absolute Gasteiger partial charge is 0.385 e. The summed E-state index contributed by atoms with van der Waals surface area (Å²) >= 11 is 5.94. The van der Waals surface area contributed by atoms with Gasteiger partial charge in [0.1, 0.15) is 5.02 Å². The summed E-state index contributed by atoms with van der Waals surface area (Å²) in [4.78, 5) is 15.5. The van der Waals surface area contributed by atoms with Crippen LogP contribution in [0.3, 0.4) is 0 Å². The van der Waals surface area contributed by atoms with Gasteiger partial charge in [-0.15, -0.1) is 0 Å². The van der Waals surface area contributed by atoms with E-state index < -0.39 is 4.92 Å². The zero-order valence-electron chi connectivity index (χ0n) is 12.4. The zero-order valence-corrected chi connectivity index (χ0v) is 13.1. The highest BCUT2D eigenvalue weighted by atomic mass is 35.5. The van der Waals surface area contributed by atoms with E-state index in [4.69, 9.17) is 26.9 Å². The molecule has 0 fully saturated rings. The van der Waals surface area contributed by atoms with E-state index in [2.05, 4.69) is 5.48 Å². The van der Waals surface area contributed by atoms with Crippen LogP contribution in [-0.2, 0) is 9.57 Å². The lowest BCUT2D eigenvalue weighted by Gasteiger charge is -2.12. The molecule has 0 atom stereocenters. The molecular formula is C14H20ClN3O4. The fraction of sp³-hybridized carbons (Fsp3) is 0.429. The molecule has 0 radical (unpaired) electrons. The van der Waals surface area contributed by atoms with Crippen LogP contribution in [0.2, 0.25) is 5.02 Å². The summed E-state index contributed by atoms with van der Waals surface area (Å²) in [5, 5.41) is 10.9. The standard InChI is InChI=1S/C14H20ClN3O4/c1-21-8-3-2-4-13(17-22-9-7-16)11-5-6-14(18(19)20)12(15)10-11/h4-6,10,17H,2-3,7-9,16H2,1H3. The number of methoxy groups -OCH3 is 1. The number of hydrogen-bond acceptors (Lipinski definition) is 6. The van der Waals surface area contributed by atoms with Crippen molar-refractivity contribution in [1.82, 2.24) is 5.48 Å². The quantitative estimate of drug-likeness (QED) is 0.388. The molecule has 1 aromatic rings. The van der Waals surface area contributed by atoms with Gasteiger partial charge in [0.15, 0.2) is 0 Å². The van der Waals surface area contributed by atoms with Crippen LogP contribution in [0.4, 0.5) is 5.69 Å². The van der Waals surface area contributed by atoms with E-state index in [1.807, 2.05) is 6.08 Å². The number of halogens is 1. The van der Waals surface area contributed by atoms with Crippen LogP contribution in [0.15, 0.2) is 24.3 Å². The molecule has 0 aromatic heterocycles. The Bertz CT molecular complexity index is 523. The molecule has 3 N–H and O–H groups in total. The number of benzene rings is 1. The van der Waals surface area contributed by atoms with Crippen molar-refractivity contribution < 1.29 is 14.5 Å². The number of allylic oxidation sites excluding steroid dienone is 1. The number of hydroxylamine groups is 1. The fourth-order valence-electron chi connectivity index (χ4n) is 1.70. The van der Waals surface area contributed by atoms with Gasteiger partial charge in [-0.2, -0.15) is 0 Å². The molecule has 1 rings (SSSR count). The molecule has 8 heteroatoms. The lowest BCUT2D eigenvalue weighted by Crippen LogP contribution is -2.19. The van der Waals surface area contributed by atoms with Gasteiger partial charge in [0.2, 0.25) is 0 Å². The lowest BCUT2D eigenvalue weighted by atomic mass is 10.1. The summed E-state index contributed by atoms with van der Waals surface area (Å²) in [5.41, 5.74) is 9.42. The van der Waals surface area contributed by atoms with Gasteiger partial charge in [0.05, 0.1) is 17.2 Å². The number of hydrogen-bond donors (Lipinski definition) is 2. The average Bonchev–Trinajstić information content (AvgIpc) is 2.49. The van der Waals surface area contributed by atoms with E-state index >= 15 is 0 Å². The average molecular weight is 330 g/mol. The van der Waals surface area contributed by atoms with Crippen LogP contribution < -0.4 is 11.2 Å². The maximum absolute atomic E-state index is 10.8. The summed E-state index contributed by atoms with van der Waals surface area (Å²) in [6, 6.07) is 4.51. The number of nitro groups is 1. The molecule has 0 saturated carbocycles. The summed E-state index contributed by atoms with van der Waals surface area (Å²) < 4.78 is 5.00. The normalized spacial score (nSPS) is 11.5. The maximum atomic E-state index is 10.8. The Balaban J connectivity index is 2.89. The lowest BCUT2D eigenvalue weighted by molar-refractivity contribution is -0.384. The van der Waals surface area contributed by atoms with Crippen LogP contribution >= 0.6 is 11.6 Å². The van der Waals surface area contributed by atoms with Crippen molar-refractivity contribution in [3.05, 3.63) is 45.0 Å². The zero-order chi connectivity index (χ0) is 16.4. The van der Waals surface area contributed by atoms with E-state index in [9.17, 15) is 10.1 Å². The molecule has 0 bridgehead atoms. The van der Waals surface area contributed by atoms with Gasteiger partial charge in [-0.05, 0) is 25.0 Å². The third kappa shape index (κ3) is 5.98. The molecule has 0 aliphatic heterocycles. The number of nitrogens with zero attached hydrogens (tertiary/aromatic N) is 1. The van der Waals surface area contributed by atoms with Gasteiger partial charge >= 0.3 is 0 Å². The van der Waals surface area contributed by atoms with Crippen molar-refractivity contribution in [3.8, 4) is 0 Å². The minimum atomic E-state index is -0.521. The monoisotopic (exact) mass is 329 g/mol. The number of nitrogens with two attached hydrogens (primary N) is 1. The third-order valence-corrected chi connectivity index (χ3v) is 3.06. The predicted molar refractivity (Wildman–Crippen MR) is 85.3 cm³/mol. The number of ether oxygens (including phenoxy) is 1. The highest BCUT2D eigenvalue weighted by Gasteiger charge is 2.13. The topological polar surface area (TPSA) is 99.7 Å². The van der Waals surface area contributed by atoms with Crippen molar-refractivity contribution >= 4 is 23.0 Å². The summed E-state index contributed by atoms with van der Waals surface area (Å²) in [7, 11) is 1.64. The van der Waals surface area contributed by atoms with Crippen LogP contribution in [-0.4, -0.2) is 31.8 Å².